The number of aromatic nitrogens is 1. The number of fused-ring (bicyclic) bond motifs is 1. The second-order valence-electron chi connectivity index (χ2n) is 4.65. The third-order valence-corrected chi connectivity index (χ3v) is 3.61. The number of halogens is 1. The van der Waals surface area contributed by atoms with Gasteiger partial charge in [0.2, 0.25) is 12.7 Å². The Balaban J connectivity index is 2.27. The average Bonchev–Trinajstić information content (AvgIpc) is 2.96. The van der Waals surface area contributed by atoms with Crippen LogP contribution in [-0.2, 0) is 0 Å². The van der Waals surface area contributed by atoms with Crippen LogP contribution in [0.4, 0.5) is 5.88 Å². The van der Waals surface area contributed by atoms with Gasteiger partial charge in [-0.3, -0.25) is 0 Å². The summed E-state index contributed by atoms with van der Waals surface area (Å²) in [6, 6.07) is 3.66. The van der Waals surface area contributed by atoms with Crippen LogP contribution in [0.25, 0.3) is 11.3 Å². The van der Waals surface area contributed by atoms with E-state index in [1.807, 2.05) is 6.07 Å². The molecule has 0 saturated carbocycles. The normalized spacial score (nSPS) is 13.3. The number of hydrogen-bond acceptors (Lipinski definition) is 5. The molecule has 0 spiro atoms. The zero-order valence-corrected chi connectivity index (χ0v) is 12.2. The molecule has 5 nitrogen and oxygen atoms in total. The molecule has 2 aromatic rings. The third kappa shape index (κ3) is 1.96. The summed E-state index contributed by atoms with van der Waals surface area (Å²) in [5, 5.41) is 3.98. The maximum absolute atomic E-state index is 5.60. The molecule has 0 radical (unpaired) electrons. The summed E-state index contributed by atoms with van der Waals surface area (Å²) >= 11 is 3.49. The van der Waals surface area contributed by atoms with Crippen LogP contribution in [-0.4, -0.2) is 11.9 Å². The van der Waals surface area contributed by atoms with E-state index in [9.17, 15) is 0 Å². The molecule has 0 saturated heterocycles. The van der Waals surface area contributed by atoms with Crippen molar-refractivity contribution < 1.29 is 14.0 Å². The van der Waals surface area contributed by atoms with Crippen LogP contribution < -0.4 is 15.2 Å². The highest BCUT2D eigenvalue weighted by molar-refractivity contribution is 9.10. The minimum Gasteiger partial charge on any atom is -0.453 e. The van der Waals surface area contributed by atoms with E-state index >= 15 is 0 Å². The lowest BCUT2D eigenvalue weighted by molar-refractivity contribution is 0.172. The number of anilines is 1. The molecule has 1 aromatic carbocycles. The first-order chi connectivity index (χ1) is 9.08. The summed E-state index contributed by atoms with van der Waals surface area (Å²) in [5.41, 5.74) is 8.27. The molecular weight excluding hydrogens is 312 g/mol. The second kappa shape index (κ2) is 4.45. The van der Waals surface area contributed by atoms with Crippen LogP contribution in [0, 0.1) is 0 Å². The van der Waals surface area contributed by atoms with Crippen molar-refractivity contribution >= 4 is 21.8 Å². The summed E-state index contributed by atoms with van der Waals surface area (Å²) in [6.45, 7) is 4.42. The molecule has 0 amide bonds. The Bertz CT molecular complexity index is 637. The smallest absolute Gasteiger partial charge is 0.231 e. The lowest BCUT2D eigenvalue weighted by Crippen LogP contribution is -1.97. The van der Waals surface area contributed by atoms with Crippen LogP contribution >= 0.6 is 15.9 Å². The molecule has 0 unspecified atom stereocenters. The Morgan fingerprint density at radius 1 is 1.26 bits per heavy atom. The van der Waals surface area contributed by atoms with E-state index in [1.54, 1.807) is 6.07 Å². The molecule has 100 valence electrons. The predicted molar refractivity (Wildman–Crippen MR) is 74.3 cm³/mol. The first-order valence-corrected chi connectivity index (χ1v) is 6.71. The molecule has 0 aliphatic carbocycles. The molecule has 6 heteroatoms. The van der Waals surface area contributed by atoms with E-state index in [4.69, 9.17) is 19.7 Å². The van der Waals surface area contributed by atoms with Crippen LogP contribution in [0.15, 0.2) is 21.1 Å². The molecule has 0 atom stereocenters. The minimum atomic E-state index is 0.234. The Labute approximate surface area is 118 Å². The predicted octanol–water partition coefficient (Wildman–Crippen LogP) is 3.54. The first-order valence-electron chi connectivity index (χ1n) is 5.92. The molecule has 0 fully saturated rings. The molecule has 3 rings (SSSR count). The summed E-state index contributed by atoms with van der Waals surface area (Å²) in [7, 11) is 0. The summed E-state index contributed by atoms with van der Waals surface area (Å²) in [4.78, 5) is 0. The van der Waals surface area contributed by atoms with Crippen LogP contribution in [0.5, 0.6) is 11.5 Å². The van der Waals surface area contributed by atoms with Crippen molar-refractivity contribution in [3.63, 3.8) is 0 Å². The number of benzene rings is 1. The van der Waals surface area contributed by atoms with Crippen LogP contribution in [0.1, 0.15) is 25.3 Å². The Morgan fingerprint density at radius 2 is 2.00 bits per heavy atom. The maximum atomic E-state index is 5.60. The van der Waals surface area contributed by atoms with Crippen molar-refractivity contribution in [1.29, 1.82) is 0 Å². The van der Waals surface area contributed by atoms with Crippen LogP contribution in [0.2, 0.25) is 0 Å². The summed E-state index contributed by atoms with van der Waals surface area (Å²) < 4.78 is 16.9. The van der Waals surface area contributed by atoms with Crippen molar-refractivity contribution in [2.45, 2.75) is 19.8 Å². The maximum Gasteiger partial charge on any atom is 0.231 e. The Hall–Kier alpha value is -1.69. The van der Waals surface area contributed by atoms with Gasteiger partial charge in [-0.05, 0) is 27.9 Å². The molecule has 19 heavy (non-hydrogen) atoms. The highest BCUT2D eigenvalue weighted by Gasteiger charge is 2.27. The largest absolute Gasteiger partial charge is 0.453 e. The summed E-state index contributed by atoms with van der Waals surface area (Å²) in [5.74, 6) is 2.06. The van der Waals surface area contributed by atoms with E-state index in [0.29, 0.717) is 11.6 Å². The fourth-order valence-electron chi connectivity index (χ4n) is 2.25. The molecule has 1 aliphatic rings. The average molecular weight is 325 g/mol. The lowest BCUT2D eigenvalue weighted by Gasteiger charge is -2.14. The van der Waals surface area contributed by atoms with Gasteiger partial charge < -0.3 is 19.7 Å². The van der Waals surface area contributed by atoms with E-state index in [1.165, 1.54) is 0 Å². The van der Waals surface area contributed by atoms with Gasteiger partial charge in [0.15, 0.2) is 11.5 Å². The topological polar surface area (TPSA) is 70.5 Å². The standard InChI is InChI=1S/C13H13BrN2O3/c1-6(2)11-7(9-4-10(15)19-16-9)3-8(14)12-13(11)18-5-17-12/h3-4,6H,5,15H2,1-2H3. The van der Waals surface area contributed by atoms with Crippen molar-refractivity contribution in [3.8, 4) is 22.8 Å². The fourth-order valence-corrected chi connectivity index (χ4v) is 2.77. The quantitative estimate of drug-likeness (QED) is 0.914. The number of hydrogen-bond donors (Lipinski definition) is 1. The Kier molecular flexibility index (Phi) is 2.89. The van der Waals surface area contributed by atoms with Crippen LogP contribution in [0.3, 0.4) is 0 Å². The van der Waals surface area contributed by atoms with Crippen molar-refractivity contribution in [2.75, 3.05) is 12.5 Å². The highest BCUT2D eigenvalue weighted by atomic mass is 79.9. The van der Waals surface area contributed by atoms with Gasteiger partial charge in [0, 0.05) is 17.2 Å². The van der Waals surface area contributed by atoms with E-state index < -0.39 is 0 Å². The van der Waals surface area contributed by atoms with Gasteiger partial charge in [-0.1, -0.05) is 19.0 Å². The number of rotatable bonds is 2. The van der Waals surface area contributed by atoms with Gasteiger partial charge in [0.05, 0.1) is 4.47 Å². The number of nitrogens with two attached hydrogens (primary N) is 1. The SMILES string of the molecule is CC(C)c1c(-c2cc(N)on2)cc(Br)c2c1OCO2. The van der Waals surface area contributed by atoms with Gasteiger partial charge in [0.25, 0.3) is 0 Å². The van der Waals surface area contributed by atoms with Crippen molar-refractivity contribution in [2.24, 2.45) is 0 Å². The van der Waals surface area contributed by atoms with Crippen molar-refractivity contribution in [3.05, 3.63) is 22.2 Å². The second-order valence-corrected chi connectivity index (χ2v) is 5.51. The van der Waals surface area contributed by atoms with Gasteiger partial charge in [-0.2, -0.15) is 0 Å². The summed E-state index contributed by atoms with van der Waals surface area (Å²) in [6.07, 6.45) is 0. The number of nitrogen functional groups attached to an aromatic ring is 1. The van der Waals surface area contributed by atoms with Gasteiger partial charge in [-0.15, -0.1) is 0 Å². The Morgan fingerprint density at radius 3 is 2.63 bits per heavy atom. The zero-order chi connectivity index (χ0) is 13.6. The highest BCUT2D eigenvalue weighted by Crippen LogP contribution is 2.48. The van der Waals surface area contributed by atoms with Gasteiger partial charge >= 0.3 is 0 Å². The van der Waals surface area contributed by atoms with Crippen molar-refractivity contribution in [1.82, 2.24) is 5.16 Å². The van der Waals surface area contributed by atoms with Gasteiger partial charge in [0.1, 0.15) is 5.69 Å². The zero-order valence-electron chi connectivity index (χ0n) is 10.6. The van der Waals surface area contributed by atoms with Gasteiger partial charge in [-0.25, -0.2) is 0 Å². The van der Waals surface area contributed by atoms with E-state index in [0.717, 1.165) is 27.1 Å². The monoisotopic (exact) mass is 324 g/mol. The molecule has 2 heterocycles. The molecule has 1 aliphatic heterocycles. The number of ether oxygens (including phenoxy) is 2. The first kappa shape index (κ1) is 12.3. The minimum absolute atomic E-state index is 0.234. The number of nitrogens with zero attached hydrogens (tertiary/aromatic N) is 1. The molecular formula is C13H13BrN2O3. The molecule has 1 aromatic heterocycles. The van der Waals surface area contributed by atoms with E-state index in [-0.39, 0.29) is 12.7 Å². The molecule has 0 bridgehead atoms. The van der Waals surface area contributed by atoms with E-state index in [2.05, 4.69) is 34.9 Å². The third-order valence-electron chi connectivity index (χ3n) is 3.02. The lowest BCUT2D eigenvalue weighted by atomic mass is 9.94. The fraction of sp³-hybridized carbons (Fsp3) is 0.308. The molecule has 2 N–H and O–H groups in total.